The van der Waals surface area contributed by atoms with Crippen molar-refractivity contribution in [1.82, 2.24) is 9.78 Å². The van der Waals surface area contributed by atoms with Gasteiger partial charge < -0.3 is 5.11 Å². The van der Waals surface area contributed by atoms with E-state index in [2.05, 4.69) is 5.10 Å². The molecule has 0 bridgehead atoms. The summed E-state index contributed by atoms with van der Waals surface area (Å²) in [4.78, 5) is 10.8. The predicted octanol–water partition coefficient (Wildman–Crippen LogP) is 2.06. The van der Waals surface area contributed by atoms with Crippen molar-refractivity contribution in [3.8, 4) is 5.69 Å². The fourth-order valence-electron chi connectivity index (χ4n) is 2.09. The molecule has 3 rings (SSSR count). The van der Waals surface area contributed by atoms with E-state index < -0.39 is 5.97 Å². The largest absolute Gasteiger partial charge is 0.481 e. The summed E-state index contributed by atoms with van der Waals surface area (Å²) in [5.74, 6) is -0.782. The molecular weight excluding hydrogens is 216 g/mol. The Bertz CT molecular complexity index is 548. The van der Waals surface area contributed by atoms with Gasteiger partial charge in [0.25, 0.3) is 0 Å². The Kier molecular flexibility index (Phi) is 2.21. The molecule has 86 valence electrons. The number of benzene rings is 1. The van der Waals surface area contributed by atoms with Gasteiger partial charge in [0.05, 0.1) is 17.8 Å². The molecule has 2 aromatic rings. The van der Waals surface area contributed by atoms with Crippen molar-refractivity contribution in [1.29, 1.82) is 0 Å². The molecule has 0 spiro atoms. The van der Waals surface area contributed by atoms with Gasteiger partial charge >= 0.3 is 5.97 Å². The van der Waals surface area contributed by atoms with Crippen molar-refractivity contribution in [3.05, 3.63) is 48.3 Å². The van der Waals surface area contributed by atoms with Crippen LogP contribution < -0.4 is 0 Å². The lowest BCUT2D eigenvalue weighted by molar-refractivity contribution is -0.138. The van der Waals surface area contributed by atoms with Gasteiger partial charge in [0.2, 0.25) is 0 Å². The maximum atomic E-state index is 10.8. The third-order valence-corrected chi connectivity index (χ3v) is 3.16. The molecule has 0 unspecified atom stereocenters. The third kappa shape index (κ3) is 1.82. The van der Waals surface area contributed by atoms with Crippen molar-refractivity contribution in [2.45, 2.75) is 12.3 Å². The molecule has 0 radical (unpaired) electrons. The van der Waals surface area contributed by atoms with Crippen molar-refractivity contribution in [2.75, 3.05) is 0 Å². The topological polar surface area (TPSA) is 55.1 Å². The van der Waals surface area contributed by atoms with Crippen LogP contribution in [0.15, 0.2) is 42.7 Å². The molecule has 1 aliphatic carbocycles. The number of carboxylic acid groups (broad SMARTS) is 1. The third-order valence-electron chi connectivity index (χ3n) is 3.16. The van der Waals surface area contributed by atoms with E-state index in [1.165, 1.54) is 0 Å². The molecule has 1 fully saturated rings. The van der Waals surface area contributed by atoms with Crippen LogP contribution in [-0.2, 0) is 4.79 Å². The summed E-state index contributed by atoms with van der Waals surface area (Å²) in [5, 5.41) is 13.1. The van der Waals surface area contributed by atoms with Crippen molar-refractivity contribution >= 4 is 5.97 Å². The van der Waals surface area contributed by atoms with Gasteiger partial charge in [0.1, 0.15) is 0 Å². The van der Waals surface area contributed by atoms with Gasteiger partial charge in [0, 0.05) is 12.1 Å². The molecule has 17 heavy (non-hydrogen) atoms. The van der Waals surface area contributed by atoms with E-state index in [0.717, 1.165) is 17.7 Å². The molecule has 1 saturated carbocycles. The number of hydrogen-bond acceptors (Lipinski definition) is 2. The Morgan fingerprint density at radius 3 is 2.76 bits per heavy atom. The van der Waals surface area contributed by atoms with Crippen molar-refractivity contribution < 1.29 is 9.90 Å². The zero-order valence-corrected chi connectivity index (χ0v) is 9.15. The van der Waals surface area contributed by atoms with Gasteiger partial charge in [-0.05, 0) is 24.1 Å². The summed E-state index contributed by atoms with van der Waals surface area (Å²) in [6.07, 6.45) is 4.42. The maximum Gasteiger partial charge on any atom is 0.307 e. The molecule has 0 saturated heterocycles. The molecule has 4 heteroatoms. The van der Waals surface area contributed by atoms with Crippen LogP contribution in [-0.4, -0.2) is 20.9 Å². The number of aromatic nitrogens is 2. The molecule has 1 aromatic heterocycles. The summed E-state index contributed by atoms with van der Waals surface area (Å²) in [6.45, 7) is 0. The maximum absolute atomic E-state index is 10.8. The first-order chi connectivity index (χ1) is 8.25. The number of hydrogen-bond donors (Lipinski definition) is 1. The minimum Gasteiger partial charge on any atom is -0.481 e. The second kappa shape index (κ2) is 3.73. The number of carbonyl (C=O) groups is 1. The standard InChI is InChI=1S/C13H12N2O2/c16-13(17)12-6-11(12)9-7-14-15(8-9)10-4-2-1-3-5-10/h1-5,7-8,11-12H,6H2,(H,16,17)/t11-,12-/m0/s1. The van der Waals surface area contributed by atoms with Crippen LogP contribution in [0.4, 0.5) is 0 Å². The molecule has 2 atom stereocenters. The van der Waals surface area contributed by atoms with E-state index in [1.807, 2.05) is 36.5 Å². The summed E-state index contributed by atoms with van der Waals surface area (Å²) < 4.78 is 1.78. The highest BCUT2D eigenvalue weighted by molar-refractivity contribution is 5.75. The minimum absolute atomic E-state index is 0.143. The SMILES string of the molecule is O=C(O)[C@H]1C[C@H]1c1cnn(-c2ccccc2)c1. The Morgan fingerprint density at radius 2 is 2.12 bits per heavy atom. The van der Waals surface area contributed by atoms with Crippen LogP contribution in [0.3, 0.4) is 0 Å². The molecular formula is C13H12N2O2. The van der Waals surface area contributed by atoms with Crippen LogP contribution in [0.2, 0.25) is 0 Å². The van der Waals surface area contributed by atoms with Gasteiger partial charge in [-0.1, -0.05) is 18.2 Å². The molecule has 1 aliphatic rings. The van der Waals surface area contributed by atoms with Gasteiger partial charge in [0.15, 0.2) is 0 Å². The predicted molar refractivity (Wildman–Crippen MR) is 62.0 cm³/mol. The molecule has 4 nitrogen and oxygen atoms in total. The Labute approximate surface area is 98.5 Å². The second-order valence-corrected chi connectivity index (χ2v) is 4.34. The highest BCUT2D eigenvalue weighted by atomic mass is 16.4. The number of rotatable bonds is 3. The smallest absolute Gasteiger partial charge is 0.307 e. The Hall–Kier alpha value is -2.10. The van der Waals surface area contributed by atoms with Crippen LogP contribution >= 0.6 is 0 Å². The molecule has 0 aliphatic heterocycles. The lowest BCUT2D eigenvalue weighted by Gasteiger charge is -1.98. The summed E-state index contributed by atoms with van der Waals surface area (Å²) in [5.41, 5.74) is 2.01. The monoisotopic (exact) mass is 228 g/mol. The summed E-state index contributed by atoms with van der Waals surface area (Å²) in [6, 6.07) is 9.80. The number of para-hydroxylation sites is 1. The lowest BCUT2D eigenvalue weighted by Crippen LogP contribution is -1.98. The Balaban J connectivity index is 1.83. The van der Waals surface area contributed by atoms with Gasteiger partial charge in [-0.25, -0.2) is 4.68 Å². The zero-order chi connectivity index (χ0) is 11.8. The minimum atomic E-state index is -0.706. The van der Waals surface area contributed by atoms with Gasteiger partial charge in [-0.3, -0.25) is 4.79 Å². The van der Waals surface area contributed by atoms with E-state index in [4.69, 9.17) is 5.11 Å². The van der Waals surface area contributed by atoms with E-state index in [0.29, 0.717) is 0 Å². The van der Waals surface area contributed by atoms with Crippen molar-refractivity contribution in [3.63, 3.8) is 0 Å². The van der Waals surface area contributed by atoms with E-state index in [-0.39, 0.29) is 11.8 Å². The van der Waals surface area contributed by atoms with Crippen LogP contribution in [0.5, 0.6) is 0 Å². The average Bonchev–Trinajstić information content (AvgIpc) is 3.01. The average molecular weight is 228 g/mol. The van der Waals surface area contributed by atoms with E-state index in [1.54, 1.807) is 10.9 Å². The van der Waals surface area contributed by atoms with E-state index >= 15 is 0 Å². The summed E-state index contributed by atoms with van der Waals surface area (Å²) in [7, 11) is 0. The molecule has 1 N–H and O–H groups in total. The quantitative estimate of drug-likeness (QED) is 0.874. The van der Waals surface area contributed by atoms with Gasteiger partial charge in [-0.2, -0.15) is 5.10 Å². The first-order valence-corrected chi connectivity index (χ1v) is 5.58. The van der Waals surface area contributed by atoms with E-state index in [9.17, 15) is 4.79 Å². The number of nitrogens with zero attached hydrogens (tertiary/aromatic N) is 2. The number of aliphatic carboxylic acids is 1. The van der Waals surface area contributed by atoms with Gasteiger partial charge in [-0.15, -0.1) is 0 Å². The van der Waals surface area contributed by atoms with Crippen LogP contribution in [0, 0.1) is 5.92 Å². The second-order valence-electron chi connectivity index (χ2n) is 4.34. The van der Waals surface area contributed by atoms with Crippen LogP contribution in [0.1, 0.15) is 17.9 Å². The Morgan fingerprint density at radius 1 is 1.35 bits per heavy atom. The highest BCUT2D eigenvalue weighted by Crippen LogP contribution is 2.47. The van der Waals surface area contributed by atoms with Crippen LogP contribution in [0.25, 0.3) is 5.69 Å². The lowest BCUT2D eigenvalue weighted by atomic mass is 10.2. The first kappa shape index (κ1) is 10.1. The number of carboxylic acids is 1. The zero-order valence-electron chi connectivity index (χ0n) is 9.15. The first-order valence-electron chi connectivity index (χ1n) is 5.58. The normalized spacial score (nSPS) is 22.4. The highest BCUT2D eigenvalue weighted by Gasteiger charge is 2.44. The fraction of sp³-hybridized carbons (Fsp3) is 0.231. The van der Waals surface area contributed by atoms with Crippen molar-refractivity contribution in [2.24, 2.45) is 5.92 Å². The fourth-order valence-corrected chi connectivity index (χ4v) is 2.09. The molecule has 1 aromatic carbocycles. The molecule has 0 amide bonds. The molecule has 1 heterocycles. The summed E-state index contributed by atoms with van der Waals surface area (Å²) >= 11 is 0.